The number of carbonyl (C=O) groups is 1. The number of rotatable bonds is 6. The molecule has 8 heteroatoms. The van der Waals surface area contributed by atoms with E-state index >= 15 is 0 Å². The molecular weight excluding hydrogens is 368 g/mol. The van der Waals surface area contributed by atoms with Gasteiger partial charge in [0.25, 0.3) is 0 Å². The van der Waals surface area contributed by atoms with Crippen molar-refractivity contribution < 1.29 is 14.3 Å². The molecule has 0 aromatic heterocycles. The van der Waals surface area contributed by atoms with E-state index in [1.165, 1.54) is 0 Å². The lowest BCUT2D eigenvalue weighted by Crippen LogP contribution is -2.23. The van der Waals surface area contributed by atoms with Gasteiger partial charge in [-0.1, -0.05) is 11.6 Å². The van der Waals surface area contributed by atoms with E-state index < -0.39 is 0 Å². The summed E-state index contributed by atoms with van der Waals surface area (Å²) < 4.78 is 10.8. The number of benzene rings is 2. The lowest BCUT2D eigenvalue weighted by atomic mass is 10.0. The van der Waals surface area contributed by atoms with Crippen LogP contribution in [0.15, 0.2) is 41.4 Å². The number of fused-ring (bicyclic) bond motifs is 1. The zero-order valence-electron chi connectivity index (χ0n) is 14.9. The van der Waals surface area contributed by atoms with Gasteiger partial charge in [0.15, 0.2) is 5.96 Å². The Morgan fingerprint density at radius 1 is 1.30 bits per heavy atom. The van der Waals surface area contributed by atoms with E-state index in [4.69, 9.17) is 26.8 Å². The quantitative estimate of drug-likeness (QED) is 0.401. The summed E-state index contributed by atoms with van der Waals surface area (Å²) >= 11 is 6.08. The lowest BCUT2D eigenvalue weighted by molar-refractivity contribution is -0.116. The van der Waals surface area contributed by atoms with E-state index in [2.05, 4.69) is 15.6 Å². The van der Waals surface area contributed by atoms with Crippen molar-refractivity contribution in [3.63, 3.8) is 0 Å². The molecule has 0 bridgehead atoms. The molecule has 1 aliphatic heterocycles. The van der Waals surface area contributed by atoms with Crippen molar-refractivity contribution in [1.82, 2.24) is 0 Å². The molecule has 2 aromatic rings. The number of hydrogen-bond acceptors (Lipinski definition) is 4. The van der Waals surface area contributed by atoms with Crippen LogP contribution in [0.3, 0.4) is 0 Å². The van der Waals surface area contributed by atoms with Crippen LogP contribution in [0.1, 0.15) is 12.0 Å². The number of guanidine groups is 1. The van der Waals surface area contributed by atoms with E-state index in [0.717, 1.165) is 29.1 Å². The second kappa shape index (κ2) is 8.64. The number of methoxy groups -OCH3 is 1. The van der Waals surface area contributed by atoms with Gasteiger partial charge in [-0.2, -0.15) is 0 Å². The Labute approximate surface area is 162 Å². The lowest BCUT2D eigenvalue weighted by Gasteiger charge is -2.17. The van der Waals surface area contributed by atoms with Crippen LogP contribution in [0.5, 0.6) is 11.5 Å². The van der Waals surface area contributed by atoms with Gasteiger partial charge in [0.2, 0.25) is 5.91 Å². The highest BCUT2D eigenvalue weighted by molar-refractivity contribution is 6.32. The number of hydrogen-bond donors (Lipinski definition) is 3. The summed E-state index contributed by atoms with van der Waals surface area (Å²) in [5, 5.41) is 6.30. The molecule has 0 radical (unpaired) electrons. The molecule has 27 heavy (non-hydrogen) atoms. The number of aryl methyl sites for hydroxylation is 1. The topological polar surface area (TPSA) is 98.0 Å². The Morgan fingerprint density at radius 2 is 2.15 bits per heavy atom. The molecule has 0 aliphatic carbocycles. The predicted molar refractivity (Wildman–Crippen MR) is 107 cm³/mol. The number of nitrogens with two attached hydrogens (primary N) is 1. The predicted octanol–water partition coefficient (Wildman–Crippen LogP) is 3.04. The van der Waals surface area contributed by atoms with Crippen molar-refractivity contribution in [1.29, 1.82) is 0 Å². The van der Waals surface area contributed by atoms with E-state index in [1.807, 2.05) is 18.2 Å². The van der Waals surface area contributed by atoms with Crippen molar-refractivity contribution in [2.45, 2.75) is 12.8 Å². The van der Waals surface area contributed by atoms with Gasteiger partial charge in [-0.3, -0.25) is 4.79 Å². The van der Waals surface area contributed by atoms with Gasteiger partial charge in [0.05, 0.1) is 18.7 Å². The van der Waals surface area contributed by atoms with Gasteiger partial charge < -0.3 is 25.8 Å². The summed E-state index contributed by atoms with van der Waals surface area (Å²) in [6.07, 6.45) is 1.22. The average Bonchev–Trinajstić information content (AvgIpc) is 2.65. The second-order valence-corrected chi connectivity index (χ2v) is 6.36. The van der Waals surface area contributed by atoms with Crippen molar-refractivity contribution in [3.05, 3.63) is 47.0 Å². The molecule has 0 unspecified atom stereocenters. The fourth-order valence-electron chi connectivity index (χ4n) is 2.71. The van der Waals surface area contributed by atoms with Crippen LogP contribution in [-0.4, -0.2) is 32.1 Å². The maximum Gasteiger partial charge on any atom is 0.224 e. The third-order valence-corrected chi connectivity index (χ3v) is 4.33. The Balaban J connectivity index is 1.49. The fourth-order valence-corrected chi connectivity index (χ4v) is 2.97. The van der Waals surface area contributed by atoms with E-state index in [0.29, 0.717) is 30.3 Å². The molecule has 0 atom stereocenters. The number of anilines is 2. The smallest absolute Gasteiger partial charge is 0.224 e. The van der Waals surface area contributed by atoms with Gasteiger partial charge in [-0.05, 0) is 48.4 Å². The van der Waals surface area contributed by atoms with Gasteiger partial charge >= 0.3 is 0 Å². The molecule has 3 rings (SSSR count). The maximum absolute atomic E-state index is 11.4. The first-order chi connectivity index (χ1) is 13.0. The molecule has 0 fully saturated rings. The first-order valence-electron chi connectivity index (χ1n) is 8.51. The molecule has 1 amide bonds. The van der Waals surface area contributed by atoms with E-state index in [9.17, 15) is 4.79 Å². The molecule has 7 nitrogen and oxygen atoms in total. The molecule has 2 aromatic carbocycles. The monoisotopic (exact) mass is 388 g/mol. The van der Waals surface area contributed by atoms with Crippen LogP contribution in [0.25, 0.3) is 0 Å². The number of ether oxygens (including phenoxy) is 2. The van der Waals surface area contributed by atoms with E-state index in [-0.39, 0.29) is 11.9 Å². The molecule has 0 saturated carbocycles. The van der Waals surface area contributed by atoms with Crippen LogP contribution in [0.4, 0.5) is 11.4 Å². The van der Waals surface area contributed by atoms with Crippen LogP contribution in [0.2, 0.25) is 5.02 Å². The second-order valence-electron chi connectivity index (χ2n) is 5.96. The van der Waals surface area contributed by atoms with Crippen molar-refractivity contribution >= 4 is 34.8 Å². The molecule has 1 aliphatic rings. The number of nitrogens with zero attached hydrogens (tertiary/aromatic N) is 1. The van der Waals surface area contributed by atoms with Crippen molar-refractivity contribution in [2.24, 2.45) is 10.7 Å². The van der Waals surface area contributed by atoms with Gasteiger partial charge in [0, 0.05) is 17.8 Å². The molecular formula is C19H21ClN4O3. The summed E-state index contributed by atoms with van der Waals surface area (Å²) in [7, 11) is 1.56. The number of nitrogens with one attached hydrogen (secondary N) is 2. The maximum atomic E-state index is 11.4. The number of aliphatic imine (C=N–C) groups is 1. The minimum absolute atomic E-state index is 0.0478. The normalized spacial score (nSPS) is 13.6. The summed E-state index contributed by atoms with van der Waals surface area (Å²) in [6.45, 7) is 0.785. The molecule has 0 saturated heterocycles. The fraction of sp³-hybridized carbons (Fsp3) is 0.263. The van der Waals surface area contributed by atoms with Crippen LogP contribution in [-0.2, 0) is 11.2 Å². The SMILES string of the molecule is COc1ccc(NC(N)=NCCOc2ccc3c(c2)CCC(=O)N3)cc1Cl. The van der Waals surface area contributed by atoms with E-state index in [1.54, 1.807) is 25.3 Å². The standard InChI is InChI=1S/C19H21ClN4O3/c1-26-17-6-3-13(11-15(17)20)23-19(21)22-8-9-27-14-4-5-16-12(10-14)2-7-18(25)24-16/h3-6,10-11H,2,7-9H2,1H3,(H,24,25)(H3,21,22,23). The molecule has 4 N–H and O–H groups in total. The highest BCUT2D eigenvalue weighted by Crippen LogP contribution is 2.27. The van der Waals surface area contributed by atoms with Crippen LogP contribution in [0, 0.1) is 0 Å². The van der Waals surface area contributed by atoms with Crippen molar-refractivity contribution in [3.8, 4) is 11.5 Å². The largest absolute Gasteiger partial charge is 0.495 e. The minimum Gasteiger partial charge on any atom is -0.495 e. The Morgan fingerprint density at radius 3 is 2.93 bits per heavy atom. The zero-order chi connectivity index (χ0) is 19.2. The summed E-state index contributed by atoms with van der Waals surface area (Å²) in [6, 6.07) is 10.9. The Bertz CT molecular complexity index is 870. The Kier molecular flexibility index (Phi) is 6.03. The number of carbonyl (C=O) groups excluding carboxylic acids is 1. The highest BCUT2D eigenvalue weighted by atomic mass is 35.5. The van der Waals surface area contributed by atoms with Gasteiger partial charge in [-0.15, -0.1) is 0 Å². The first kappa shape index (κ1) is 18.8. The van der Waals surface area contributed by atoms with Gasteiger partial charge in [-0.25, -0.2) is 4.99 Å². The molecule has 142 valence electrons. The third-order valence-electron chi connectivity index (χ3n) is 4.04. The number of amides is 1. The minimum atomic E-state index is 0.0478. The van der Waals surface area contributed by atoms with Crippen LogP contribution < -0.4 is 25.8 Å². The molecule has 1 heterocycles. The average molecular weight is 389 g/mol. The van der Waals surface area contributed by atoms with Gasteiger partial charge in [0.1, 0.15) is 18.1 Å². The Hall–Kier alpha value is -2.93. The summed E-state index contributed by atoms with van der Waals surface area (Å²) in [5.74, 6) is 1.66. The number of halogens is 1. The van der Waals surface area contributed by atoms with Crippen molar-refractivity contribution in [2.75, 3.05) is 30.9 Å². The van der Waals surface area contributed by atoms with Crippen LogP contribution >= 0.6 is 11.6 Å². The zero-order valence-corrected chi connectivity index (χ0v) is 15.7. The molecule has 0 spiro atoms. The summed E-state index contributed by atoms with van der Waals surface area (Å²) in [5.41, 5.74) is 8.53. The third kappa shape index (κ3) is 5.04. The summed E-state index contributed by atoms with van der Waals surface area (Å²) in [4.78, 5) is 15.6. The highest BCUT2D eigenvalue weighted by Gasteiger charge is 2.14. The first-order valence-corrected chi connectivity index (χ1v) is 8.89.